The Morgan fingerprint density at radius 1 is 1.38 bits per heavy atom. The topological polar surface area (TPSA) is 43.1 Å². The first kappa shape index (κ1) is 14.2. The lowest BCUT2D eigenvalue weighted by Gasteiger charge is -1.92. The van der Waals surface area contributed by atoms with Gasteiger partial charge in [-0.25, -0.2) is 4.39 Å². The van der Waals surface area contributed by atoms with Crippen LogP contribution in [0.15, 0.2) is 18.2 Å². The van der Waals surface area contributed by atoms with Crippen molar-refractivity contribution >= 4 is 17.3 Å². The van der Waals surface area contributed by atoms with E-state index in [9.17, 15) is 14.5 Å². The minimum absolute atomic E-state index is 0. The molecule has 0 unspecified atom stereocenters. The van der Waals surface area contributed by atoms with E-state index in [1.807, 2.05) is 0 Å². The zero-order chi connectivity index (χ0) is 8.43. The average Bonchev–Trinajstić information content (AvgIpc) is 1.94. The third-order valence-electron chi connectivity index (χ3n) is 1.11. The van der Waals surface area contributed by atoms with Crippen LogP contribution in [0.25, 0.3) is 0 Å². The van der Waals surface area contributed by atoms with Crippen LogP contribution in [-0.4, -0.2) is 4.92 Å². The molecule has 0 heterocycles. The van der Waals surface area contributed by atoms with Gasteiger partial charge in [-0.3, -0.25) is 19.5 Å². The highest BCUT2D eigenvalue weighted by Crippen LogP contribution is 2.19. The van der Waals surface area contributed by atoms with Gasteiger partial charge in [-0.15, -0.1) is 0 Å². The summed E-state index contributed by atoms with van der Waals surface area (Å²) in [5.74, 6) is -0.777. The number of rotatable bonds is 1. The minimum Gasteiger partial charge on any atom is -0.269 e. The van der Waals surface area contributed by atoms with Crippen molar-refractivity contribution in [3.05, 3.63) is 39.2 Å². The molecule has 0 atom stereocenters. The molecule has 3 nitrogen and oxygen atoms in total. The van der Waals surface area contributed by atoms with E-state index in [4.69, 9.17) is 11.6 Å². The first-order valence-corrected chi connectivity index (χ1v) is 3.08. The van der Waals surface area contributed by atoms with E-state index < -0.39 is 10.7 Å². The predicted octanol–water partition coefficient (Wildman–Crippen LogP) is 2.69. The van der Waals surface area contributed by atoms with E-state index in [0.29, 0.717) is 0 Å². The molecule has 1 aromatic rings. The number of non-ortho nitro benzene ring substituents is 1. The van der Waals surface area contributed by atoms with Crippen LogP contribution in [0.3, 0.4) is 0 Å². The molecule has 0 aliphatic rings. The number of nitrogens with zero attached hydrogens (tertiary/aromatic N) is 1. The molecule has 0 fully saturated rings. The third kappa shape index (κ3) is 3.29. The largest absolute Gasteiger partial charge is 0.272 e. The van der Waals surface area contributed by atoms with Gasteiger partial charge in [-0.05, 0) is 6.07 Å². The summed E-state index contributed by atoms with van der Waals surface area (Å²) in [6, 6.07) is 3.07. The maximum absolute atomic E-state index is 12.5. The maximum atomic E-state index is 12.5. The molecule has 0 aliphatic carbocycles. The Bertz CT molecular complexity index is 308. The zero-order valence-corrected chi connectivity index (χ0v) is 6.82. The van der Waals surface area contributed by atoms with E-state index in [-0.39, 0.29) is 20.1 Å². The van der Waals surface area contributed by atoms with Crippen LogP contribution in [0, 0.1) is 15.9 Å². The summed E-state index contributed by atoms with van der Waals surface area (Å²) in [5.41, 5.74) is -0.299. The molecule has 1 aromatic carbocycles. The molecule has 0 bridgehead atoms. The molecule has 1 rings (SSSR count). The van der Waals surface area contributed by atoms with Gasteiger partial charge >= 0.3 is 0 Å². The second kappa shape index (κ2) is 5.36. The van der Waals surface area contributed by atoms with Gasteiger partial charge in [0, 0.05) is 6.07 Å². The Hall–Kier alpha value is -1.30. The third-order valence-corrected chi connectivity index (χ3v) is 1.42. The SMILES string of the molecule is F.F.O=[N+]([O-])c1ccc(Cl)c(F)c1. The lowest BCUT2D eigenvalue weighted by Crippen LogP contribution is -1.88. The molecular weight excluding hydrogens is 211 g/mol. The van der Waals surface area contributed by atoms with Crippen LogP contribution in [0.5, 0.6) is 0 Å². The number of halogens is 4. The summed E-state index contributed by atoms with van der Waals surface area (Å²) in [4.78, 5) is 9.38. The van der Waals surface area contributed by atoms with Gasteiger partial charge in [0.25, 0.3) is 5.69 Å². The number of nitro groups is 1. The van der Waals surface area contributed by atoms with Crippen LogP contribution in [0.4, 0.5) is 19.5 Å². The maximum Gasteiger partial charge on any atom is 0.272 e. The lowest BCUT2D eigenvalue weighted by molar-refractivity contribution is -0.385. The molecule has 0 amide bonds. The molecule has 0 N–H and O–H groups in total. The average molecular weight is 216 g/mol. The van der Waals surface area contributed by atoms with Crippen molar-refractivity contribution in [2.24, 2.45) is 0 Å². The Kier molecular flexibility index (Phi) is 5.87. The summed E-state index contributed by atoms with van der Waals surface area (Å²) in [6.07, 6.45) is 0. The van der Waals surface area contributed by atoms with Crippen molar-refractivity contribution in [1.82, 2.24) is 0 Å². The summed E-state index contributed by atoms with van der Waals surface area (Å²) >= 11 is 5.29. The molecule has 0 saturated heterocycles. The zero-order valence-electron chi connectivity index (χ0n) is 6.07. The smallest absolute Gasteiger partial charge is 0.269 e. The quantitative estimate of drug-likeness (QED) is 0.534. The minimum atomic E-state index is -0.777. The monoisotopic (exact) mass is 215 g/mol. The molecule has 74 valence electrons. The van der Waals surface area contributed by atoms with Crippen molar-refractivity contribution in [3.8, 4) is 0 Å². The fourth-order valence-corrected chi connectivity index (χ4v) is 0.716. The Morgan fingerprint density at radius 2 is 1.92 bits per heavy atom. The van der Waals surface area contributed by atoms with Gasteiger partial charge in [-0.1, -0.05) is 11.6 Å². The first-order valence-electron chi connectivity index (χ1n) is 2.70. The van der Waals surface area contributed by atoms with E-state index in [2.05, 4.69) is 0 Å². The molecule has 7 heteroatoms. The van der Waals surface area contributed by atoms with Crippen molar-refractivity contribution < 1.29 is 18.7 Å². The molecule has 0 aliphatic heterocycles. The Labute approximate surface area is 76.0 Å². The predicted molar refractivity (Wildman–Crippen MR) is 43.1 cm³/mol. The van der Waals surface area contributed by atoms with Crippen LogP contribution in [0.1, 0.15) is 0 Å². The van der Waals surface area contributed by atoms with Gasteiger partial charge < -0.3 is 0 Å². The number of nitro benzene ring substituents is 1. The number of hydrogen-bond acceptors (Lipinski definition) is 2. The summed E-state index contributed by atoms with van der Waals surface area (Å²) in [6.45, 7) is 0. The molecule has 0 radical (unpaired) electrons. The highest BCUT2D eigenvalue weighted by molar-refractivity contribution is 6.30. The molecule has 0 saturated carbocycles. The number of benzene rings is 1. The van der Waals surface area contributed by atoms with Crippen molar-refractivity contribution in [2.45, 2.75) is 0 Å². The van der Waals surface area contributed by atoms with E-state index >= 15 is 0 Å². The van der Waals surface area contributed by atoms with Crippen molar-refractivity contribution in [1.29, 1.82) is 0 Å². The summed E-state index contributed by atoms with van der Waals surface area (Å²) < 4.78 is 12.5. The van der Waals surface area contributed by atoms with Gasteiger partial charge in [0.2, 0.25) is 0 Å². The van der Waals surface area contributed by atoms with Crippen LogP contribution < -0.4 is 0 Å². The van der Waals surface area contributed by atoms with E-state index in [0.717, 1.165) is 18.2 Å². The van der Waals surface area contributed by atoms with Gasteiger partial charge in [-0.2, -0.15) is 0 Å². The Balaban J connectivity index is 0. The van der Waals surface area contributed by atoms with Gasteiger partial charge in [0.1, 0.15) is 5.82 Å². The number of hydrogen-bond donors (Lipinski definition) is 0. The van der Waals surface area contributed by atoms with Crippen molar-refractivity contribution in [3.63, 3.8) is 0 Å². The summed E-state index contributed by atoms with van der Waals surface area (Å²) in [7, 11) is 0. The van der Waals surface area contributed by atoms with Gasteiger partial charge in [0.15, 0.2) is 0 Å². The fourth-order valence-electron chi connectivity index (χ4n) is 0.599. The highest BCUT2D eigenvalue weighted by Gasteiger charge is 2.08. The Morgan fingerprint density at radius 3 is 2.31 bits per heavy atom. The first-order chi connectivity index (χ1) is 5.11. The molecule has 0 aromatic heterocycles. The fraction of sp³-hybridized carbons (Fsp3) is 0. The molecular formula is C6H5ClF3NO2. The lowest BCUT2D eigenvalue weighted by atomic mass is 10.3. The normalized spacial score (nSPS) is 8.15. The second-order valence-corrected chi connectivity index (χ2v) is 2.26. The van der Waals surface area contributed by atoms with Gasteiger partial charge in [0.05, 0.1) is 16.0 Å². The van der Waals surface area contributed by atoms with Crippen molar-refractivity contribution in [2.75, 3.05) is 0 Å². The van der Waals surface area contributed by atoms with E-state index in [1.54, 1.807) is 0 Å². The van der Waals surface area contributed by atoms with Crippen LogP contribution in [-0.2, 0) is 0 Å². The van der Waals surface area contributed by atoms with Crippen LogP contribution in [0.2, 0.25) is 5.02 Å². The molecule has 13 heavy (non-hydrogen) atoms. The second-order valence-electron chi connectivity index (χ2n) is 1.86. The standard InChI is InChI=1S/C6H3ClFNO2.2FH/c7-5-2-1-4(9(10)11)3-6(5)8;;/h1-3H;2*1H. The highest BCUT2D eigenvalue weighted by atomic mass is 35.5. The summed E-state index contributed by atoms with van der Waals surface area (Å²) in [5, 5.41) is 9.95. The molecule has 0 spiro atoms. The van der Waals surface area contributed by atoms with Crippen LogP contribution >= 0.6 is 11.6 Å². The van der Waals surface area contributed by atoms with E-state index in [1.165, 1.54) is 0 Å².